The predicted molar refractivity (Wildman–Crippen MR) is 69.8 cm³/mol. The standard InChI is InChI=1S/C13H11N3O2/c1-2-7-3-4-8-9(5-7)16(6-15-8)11-10(14)12(17)13(11)18/h3-6H,2,14H2,1H3. The van der Waals surface area contributed by atoms with E-state index in [0.29, 0.717) is 0 Å². The van der Waals surface area contributed by atoms with E-state index in [2.05, 4.69) is 4.98 Å². The molecule has 2 aromatic carbocycles. The van der Waals surface area contributed by atoms with Crippen LogP contribution in [0.1, 0.15) is 12.5 Å². The Labute approximate surface area is 102 Å². The van der Waals surface area contributed by atoms with E-state index in [-0.39, 0.29) is 11.4 Å². The second-order valence-electron chi connectivity index (χ2n) is 4.21. The summed E-state index contributed by atoms with van der Waals surface area (Å²) in [4.78, 5) is 26.9. The number of imidazole rings is 1. The van der Waals surface area contributed by atoms with E-state index in [1.54, 1.807) is 4.57 Å². The Morgan fingerprint density at radius 1 is 1.28 bits per heavy atom. The zero-order chi connectivity index (χ0) is 12.9. The van der Waals surface area contributed by atoms with E-state index in [4.69, 9.17) is 5.73 Å². The number of hydrogen-bond acceptors (Lipinski definition) is 4. The molecule has 18 heavy (non-hydrogen) atoms. The fourth-order valence-corrected chi connectivity index (χ4v) is 2.09. The second-order valence-corrected chi connectivity index (χ2v) is 4.21. The van der Waals surface area contributed by atoms with E-state index in [1.807, 2.05) is 25.1 Å². The van der Waals surface area contributed by atoms with Crippen LogP contribution in [0.2, 0.25) is 0 Å². The topological polar surface area (TPSA) is 78.0 Å². The van der Waals surface area contributed by atoms with Crippen LogP contribution in [0.3, 0.4) is 0 Å². The lowest BCUT2D eigenvalue weighted by molar-refractivity contribution is 1.05. The third kappa shape index (κ3) is 1.24. The van der Waals surface area contributed by atoms with Gasteiger partial charge in [0.1, 0.15) is 17.7 Å². The summed E-state index contributed by atoms with van der Waals surface area (Å²) in [5.41, 5.74) is 7.37. The van der Waals surface area contributed by atoms with E-state index >= 15 is 0 Å². The molecule has 1 aromatic heterocycles. The minimum Gasteiger partial charge on any atom is -0.394 e. The summed E-state index contributed by atoms with van der Waals surface area (Å²) in [5, 5.41) is 0. The highest BCUT2D eigenvalue weighted by atomic mass is 16.2. The lowest BCUT2D eigenvalue weighted by atomic mass is 10.1. The van der Waals surface area contributed by atoms with Crippen LogP contribution in [-0.4, -0.2) is 9.55 Å². The molecule has 0 aliphatic heterocycles. The number of aryl methyl sites for hydroxylation is 1. The average Bonchev–Trinajstić information content (AvgIpc) is 2.81. The maximum Gasteiger partial charge on any atom is 0.254 e. The molecular weight excluding hydrogens is 230 g/mol. The van der Waals surface area contributed by atoms with Crippen LogP contribution >= 0.6 is 0 Å². The quantitative estimate of drug-likeness (QED) is 0.672. The van der Waals surface area contributed by atoms with Gasteiger partial charge in [-0.25, -0.2) is 4.98 Å². The number of benzene rings is 1. The van der Waals surface area contributed by atoms with Gasteiger partial charge in [-0.1, -0.05) is 13.0 Å². The van der Waals surface area contributed by atoms with Crippen LogP contribution in [0.15, 0.2) is 34.1 Å². The monoisotopic (exact) mass is 241 g/mol. The molecule has 0 saturated carbocycles. The van der Waals surface area contributed by atoms with Crippen molar-refractivity contribution in [3.05, 3.63) is 50.5 Å². The van der Waals surface area contributed by atoms with Crippen molar-refractivity contribution in [1.82, 2.24) is 9.55 Å². The van der Waals surface area contributed by atoms with E-state index < -0.39 is 10.9 Å². The third-order valence-corrected chi connectivity index (χ3v) is 3.18. The molecule has 0 fully saturated rings. The van der Waals surface area contributed by atoms with Crippen molar-refractivity contribution < 1.29 is 0 Å². The van der Waals surface area contributed by atoms with Crippen molar-refractivity contribution in [2.45, 2.75) is 13.3 Å². The number of hydrogen-bond donors (Lipinski definition) is 1. The molecule has 3 aromatic rings. The summed E-state index contributed by atoms with van der Waals surface area (Å²) < 4.78 is 1.59. The van der Waals surface area contributed by atoms with Gasteiger partial charge in [-0.15, -0.1) is 0 Å². The number of fused-ring (bicyclic) bond motifs is 1. The summed E-state index contributed by atoms with van der Waals surface area (Å²) in [7, 11) is 0. The first-order valence-electron chi connectivity index (χ1n) is 5.68. The largest absolute Gasteiger partial charge is 0.394 e. The molecule has 1 heterocycles. The Kier molecular flexibility index (Phi) is 2.10. The number of nitrogens with two attached hydrogens (primary N) is 1. The van der Waals surface area contributed by atoms with Gasteiger partial charge in [-0.2, -0.15) is 0 Å². The van der Waals surface area contributed by atoms with Crippen LogP contribution in [0.25, 0.3) is 16.7 Å². The van der Waals surface area contributed by atoms with Gasteiger partial charge in [0.2, 0.25) is 0 Å². The molecule has 0 radical (unpaired) electrons. The SMILES string of the molecule is CCc1ccc2ncn(-c3c(N)c(=O)c3=O)c2c1. The second kappa shape index (κ2) is 3.53. The molecule has 0 bridgehead atoms. The van der Waals surface area contributed by atoms with Crippen LogP contribution < -0.4 is 16.6 Å². The summed E-state index contributed by atoms with van der Waals surface area (Å²) in [6, 6.07) is 5.84. The van der Waals surface area contributed by atoms with Crippen LogP contribution in [0.4, 0.5) is 5.69 Å². The van der Waals surface area contributed by atoms with Gasteiger partial charge >= 0.3 is 0 Å². The Morgan fingerprint density at radius 3 is 2.72 bits per heavy atom. The Hall–Kier alpha value is -2.43. The Morgan fingerprint density at radius 2 is 2.06 bits per heavy atom. The predicted octanol–water partition coefficient (Wildman–Crippen LogP) is 0.766. The fraction of sp³-hybridized carbons (Fsp3) is 0.154. The molecule has 0 spiro atoms. The molecule has 0 unspecified atom stereocenters. The number of rotatable bonds is 2. The van der Waals surface area contributed by atoms with E-state index in [1.165, 1.54) is 6.33 Å². The summed E-state index contributed by atoms with van der Waals surface area (Å²) in [6.07, 6.45) is 2.42. The van der Waals surface area contributed by atoms with Gasteiger partial charge in [0.15, 0.2) is 0 Å². The normalized spacial score (nSPS) is 11.4. The van der Waals surface area contributed by atoms with E-state index in [0.717, 1.165) is 23.0 Å². The zero-order valence-corrected chi connectivity index (χ0v) is 9.80. The molecule has 2 N–H and O–H groups in total. The number of aromatic nitrogens is 2. The molecule has 90 valence electrons. The highest BCUT2D eigenvalue weighted by molar-refractivity contribution is 5.80. The van der Waals surface area contributed by atoms with Crippen LogP contribution in [0.5, 0.6) is 0 Å². The van der Waals surface area contributed by atoms with E-state index in [9.17, 15) is 9.59 Å². The maximum absolute atomic E-state index is 11.5. The molecule has 0 amide bonds. The molecule has 0 aliphatic carbocycles. The van der Waals surface area contributed by atoms with Crippen molar-refractivity contribution in [1.29, 1.82) is 0 Å². The van der Waals surface area contributed by atoms with Crippen molar-refractivity contribution in [2.75, 3.05) is 5.73 Å². The summed E-state index contributed by atoms with van der Waals surface area (Å²) >= 11 is 0. The number of nitrogens with zero attached hydrogens (tertiary/aromatic N) is 2. The molecular formula is C13H11N3O2. The van der Waals surface area contributed by atoms with Gasteiger partial charge in [0.25, 0.3) is 10.9 Å². The lowest BCUT2D eigenvalue weighted by Crippen LogP contribution is -2.38. The third-order valence-electron chi connectivity index (χ3n) is 3.18. The van der Waals surface area contributed by atoms with Gasteiger partial charge in [-0.3, -0.25) is 14.2 Å². The Balaban J connectivity index is 2.31. The molecule has 5 nitrogen and oxygen atoms in total. The van der Waals surface area contributed by atoms with Crippen molar-refractivity contribution in [3.8, 4) is 5.69 Å². The average molecular weight is 241 g/mol. The van der Waals surface area contributed by atoms with Crippen LogP contribution in [0, 0.1) is 0 Å². The first kappa shape index (κ1) is 10.7. The first-order chi connectivity index (χ1) is 8.63. The van der Waals surface area contributed by atoms with Gasteiger partial charge in [0, 0.05) is 0 Å². The Bertz CT molecular complexity index is 823. The minimum atomic E-state index is -0.613. The molecule has 0 saturated heterocycles. The first-order valence-corrected chi connectivity index (χ1v) is 5.68. The fourth-order valence-electron chi connectivity index (χ4n) is 2.09. The number of anilines is 1. The summed E-state index contributed by atoms with van der Waals surface area (Å²) in [5.74, 6) is 0. The van der Waals surface area contributed by atoms with Crippen molar-refractivity contribution in [2.24, 2.45) is 0 Å². The smallest absolute Gasteiger partial charge is 0.254 e. The molecule has 0 aliphatic rings. The minimum absolute atomic E-state index is 0.0150. The summed E-state index contributed by atoms with van der Waals surface area (Å²) in [6.45, 7) is 2.05. The van der Waals surface area contributed by atoms with Crippen molar-refractivity contribution in [3.63, 3.8) is 0 Å². The van der Waals surface area contributed by atoms with Crippen LogP contribution in [-0.2, 0) is 6.42 Å². The number of nitrogen functional groups attached to an aromatic ring is 1. The van der Waals surface area contributed by atoms with Crippen molar-refractivity contribution >= 4 is 16.7 Å². The maximum atomic E-state index is 11.5. The van der Waals surface area contributed by atoms with Gasteiger partial charge < -0.3 is 5.73 Å². The lowest BCUT2D eigenvalue weighted by Gasteiger charge is -2.08. The zero-order valence-electron chi connectivity index (χ0n) is 9.80. The molecule has 3 rings (SSSR count). The molecule has 5 heteroatoms. The highest BCUT2D eigenvalue weighted by Gasteiger charge is 2.21. The van der Waals surface area contributed by atoms with Gasteiger partial charge in [-0.05, 0) is 24.1 Å². The highest BCUT2D eigenvalue weighted by Crippen LogP contribution is 2.20. The molecule has 0 atom stereocenters. The van der Waals surface area contributed by atoms with Gasteiger partial charge in [0.05, 0.1) is 11.0 Å².